The molecule has 36 heavy (non-hydrogen) atoms. The van der Waals surface area contributed by atoms with Crippen molar-refractivity contribution in [2.24, 2.45) is 0 Å². The van der Waals surface area contributed by atoms with Crippen LogP contribution in [0.1, 0.15) is 47.7 Å². The van der Waals surface area contributed by atoms with Gasteiger partial charge in [-0.25, -0.2) is 4.98 Å². The number of para-hydroxylation sites is 2. The summed E-state index contributed by atoms with van der Waals surface area (Å²) in [4.78, 5) is 19.9. The number of imidazole rings is 1. The maximum atomic E-state index is 12.9. The first kappa shape index (κ1) is 24.1. The average Bonchev–Trinajstić information content (AvgIpc) is 3.45. The molecular weight excluding hydrogens is 446 g/mol. The van der Waals surface area contributed by atoms with Crippen molar-refractivity contribution in [3.63, 3.8) is 0 Å². The van der Waals surface area contributed by atoms with E-state index in [1.807, 2.05) is 23.1 Å². The largest absolute Gasteiger partial charge is 0.494 e. The third-order valence-corrected chi connectivity index (χ3v) is 7.30. The van der Waals surface area contributed by atoms with Gasteiger partial charge in [0.1, 0.15) is 11.6 Å². The van der Waals surface area contributed by atoms with Crippen LogP contribution in [0.4, 0.5) is 0 Å². The monoisotopic (exact) mass is 481 g/mol. The van der Waals surface area contributed by atoms with Gasteiger partial charge < -0.3 is 14.2 Å². The summed E-state index contributed by atoms with van der Waals surface area (Å²) in [6.45, 7) is 7.30. The van der Waals surface area contributed by atoms with Gasteiger partial charge in [0, 0.05) is 32.0 Å². The molecule has 1 amide bonds. The third-order valence-electron chi connectivity index (χ3n) is 7.30. The van der Waals surface area contributed by atoms with Gasteiger partial charge in [0.05, 0.1) is 17.6 Å². The molecule has 0 radical (unpaired) electrons. The molecule has 0 bridgehead atoms. The van der Waals surface area contributed by atoms with Crippen LogP contribution in [-0.2, 0) is 17.8 Å². The molecular formula is C31H35N3O2. The molecule has 3 aromatic carbocycles. The summed E-state index contributed by atoms with van der Waals surface area (Å²) < 4.78 is 8.33. The van der Waals surface area contributed by atoms with Crippen molar-refractivity contribution in [3.8, 4) is 5.75 Å². The summed E-state index contributed by atoms with van der Waals surface area (Å²) in [7, 11) is 0. The summed E-state index contributed by atoms with van der Waals surface area (Å²) in [5.41, 5.74) is 5.97. The van der Waals surface area contributed by atoms with Gasteiger partial charge in [-0.1, -0.05) is 48.5 Å². The number of hydrogen-bond donors (Lipinski definition) is 0. The van der Waals surface area contributed by atoms with Crippen LogP contribution in [0.25, 0.3) is 11.0 Å². The fourth-order valence-corrected chi connectivity index (χ4v) is 5.08. The number of aromatic nitrogens is 2. The van der Waals surface area contributed by atoms with Crippen molar-refractivity contribution in [3.05, 3.63) is 95.3 Å². The smallest absolute Gasteiger partial charge is 0.223 e. The molecule has 4 aromatic rings. The summed E-state index contributed by atoms with van der Waals surface area (Å²) in [5.74, 6) is 2.34. The molecule has 1 atom stereocenters. The lowest BCUT2D eigenvalue weighted by atomic mass is 10.1. The molecule has 0 N–H and O–H groups in total. The van der Waals surface area contributed by atoms with Crippen LogP contribution in [0.2, 0.25) is 0 Å². The van der Waals surface area contributed by atoms with Crippen LogP contribution in [0.5, 0.6) is 5.75 Å². The second-order valence-corrected chi connectivity index (χ2v) is 9.89. The zero-order valence-corrected chi connectivity index (χ0v) is 21.3. The number of likely N-dealkylation sites (tertiary alicyclic amines) is 1. The molecule has 1 saturated heterocycles. The lowest BCUT2D eigenvalue weighted by molar-refractivity contribution is -0.127. The Morgan fingerprint density at radius 2 is 1.72 bits per heavy atom. The van der Waals surface area contributed by atoms with Crippen molar-refractivity contribution in [1.29, 1.82) is 0 Å². The zero-order valence-electron chi connectivity index (χ0n) is 21.3. The molecule has 5 nitrogen and oxygen atoms in total. The van der Waals surface area contributed by atoms with E-state index in [0.29, 0.717) is 13.0 Å². The standard InChI is InChI=1S/C31H35N3O2/c1-23-14-15-27(20-24(23)2)36-19-9-8-17-34-29-13-7-6-12-28(29)32-31(34)26-21-30(35)33(22-26)18-16-25-10-4-3-5-11-25/h3-7,10-15,20,26H,8-9,16-19,21-22H2,1-2H3. The number of rotatable bonds is 10. The molecule has 0 spiro atoms. The second-order valence-electron chi connectivity index (χ2n) is 9.89. The van der Waals surface area contributed by atoms with Gasteiger partial charge >= 0.3 is 0 Å². The van der Waals surface area contributed by atoms with E-state index in [1.54, 1.807) is 0 Å². The van der Waals surface area contributed by atoms with E-state index >= 15 is 0 Å². The van der Waals surface area contributed by atoms with Gasteiger partial charge in [-0.2, -0.15) is 0 Å². The fourth-order valence-electron chi connectivity index (χ4n) is 5.08. The van der Waals surface area contributed by atoms with Crippen LogP contribution in [0.3, 0.4) is 0 Å². The highest BCUT2D eigenvalue weighted by molar-refractivity contribution is 5.81. The van der Waals surface area contributed by atoms with Crippen molar-refractivity contribution >= 4 is 16.9 Å². The van der Waals surface area contributed by atoms with E-state index in [0.717, 1.165) is 61.5 Å². The van der Waals surface area contributed by atoms with E-state index in [4.69, 9.17) is 9.72 Å². The Kier molecular flexibility index (Phi) is 7.36. The van der Waals surface area contributed by atoms with Gasteiger partial charge in [-0.05, 0) is 74.1 Å². The number of aryl methyl sites for hydroxylation is 3. The number of carbonyl (C=O) groups is 1. The highest BCUT2D eigenvalue weighted by Crippen LogP contribution is 2.31. The lowest BCUT2D eigenvalue weighted by Crippen LogP contribution is -2.27. The maximum Gasteiger partial charge on any atom is 0.223 e. The topological polar surface area (TPSA) is 47.4 Å². The molecule has 0 saturated carbocycles. The Morgan fingerprint density at radius 3 is 2.56 bits per heavy atom. The summed E-state index contributed by atoms with van der Waals surface area (Å²) >= 11 is 0. The zero-order chi connectivity index (χ0) is 24.9. The molecule has 1 aromatic heterocycles. The molecule has 5 heteroatoms. The maximum absolute atomic E-state index is 12.9. The van der Waals surface area contributed by atoms with Gasteiger partial charge in [0.25, 0.3) is 0 Å². The molecule has 186 valence electrons. The van der Waals surface area contributed by atoms with Crippen LogP contribution in [-0.4, -0.2) is 40.1 Å². The first-order chi connectivity index (χ1) is 17.6. The highest BCUT2D eigenvalue weighted by Gasteiger charge is 2.33. The van der Waals surface area contributed by atoms with E-state index in [1.165, 1.54) is 16.7 Å². The average molecular weight is 482 g/mol. The molecule has 5 rings (SSSR count). The van der Waals surface area contributed by atoms with Gasteiger partial charge in [-0.15, -0.1) is 0 Å². The minimum absolute atomic E-state index is 0.132. The quantitative estimate of drug-likeness (QED) is 0.258. The summed E-state index contributed by atoms with van der Waals surface area (Å²) in [6, 6.07) is 25.0. The first-order valence-electron chi connectivity index (χ1n) is 13.1. The third kappa shape index (κ3) is 5.46. The first-order valence-corrected chi connectivity index (χ1v) is 13.1. The number of amides is 1. The van der Waals surface area contributed by atoms with Crippen LogP contribution in [0, 0.1) is 13.8 Å². The van der Waals surface area contributed by atoms with Crippen molar-refractivity contribution in [2.45, 2.75) is 52.0 Å². The highest BCUT2D eigenvalue weighted by atomic mass is 16.5. The van der Waals surface area contributed by atoms with Gasteiger partial charge in [0.2, 0.25) is 5.91 Å². The van der Waals surface area contributed by atoms with E-state index in [2.05, 4.69) is 73.0 Å². The Morgan fingerprint density at radius 1 is 0.917 bits per heavy atom. The fraction of sp³-hybridized carbons (Fsp3) is 0.355. The molecule has 1 aliphatic heterocycles. The molecule has 2 heterocycles. The Labute approximate surface area is 213 Å². The Bertz CT molecular complexity index is 1330. The van der Waals surface area contributed by atoms with Crippen LogP contribution < -0.4 is 4.74 Å². The number of benzene rings is 3. The molecule has 1 unspecified atom stereocenters. The number of unbranched alkanes of at least 4 members (excludes halogenated alkanes) is 1. The van der Waals surface area contributed by atoms with Gasteiger partial charge in [0.15, 0.2) is 0 Å². The van der Waals surface area contributed by atoms with Crippen LogP contribution in [0.15, 0.2) is 72.8 Å². The number of carbonyl (C=O) groups excluding carboxylic acids is 1. The normalized spacial score (nSPS) is 15.7. The Hall–Kier alpha value is -3.60. The van der Waals surface area contributed by atoms with Crippen LogP contribution >= 0.6 is 0 Å². The van der Waals surface area contributed by atoms with E-state index < -0.39 is 0 Å². The SMILES string of the molecule is Cc1ccc(OCCCCn2c(C3CC(=O)N(CCc4ccccc4)C3)nc3ccccc32)cc1C. The molecule has 1 fully saturated rings. The summed E-state index contributed by atoms with van der Waals surface area (Å²) in [5, 5.41) is 0. The predicted octanol–water partition coefficient (Wildman–Crippen LogP) is 6.07. The minimum Gasteiger partial charge on any atom is -0.494 e. The number of ether oxygens (including phenoxy) is 1. The molecule has 0 aliphatic carbocycles. The van der Waals surface area contributed by atoms with E-state index in [9.17, 15) is 4.79 Å². The van der Waals surface area contributed by atoms with Crippen molar-refractivity contribution in [1.82, 2.24) is 14.5 Å². The second kappa shape index (κ2) is 11.0. The predicted molar refractivity (Wildman–Crippen MR) is 144 cm³/mol. The minimum atomic E-state index is 0.132. The van der Waals surface area contributed by atoms with E-state index in [-0.39, 0.29) is 11.8 Å². The molecule has 1 aliphatic rings. The number of hydrogen-bond acceptors (Lipinski definition) is 3. The van der Waals surface area contributed by atoms with Crippen molar-refractivity contribution in [2.75, 3.05) is 19.7 Å². The lowest BCUT2D eigenvalue weighted by Gasteiger charge is -2.17. The number of fused-ring (bicyclic) bond motifs is 1. The Balaban J connectivity index is 1.22. The summed E-state index contributed by atoms with van der Waals surface area (Å²) in [6.07, 6.45) is 3.38. The van der Waals surface area contributed by atoms with Gasteiger partial charge in [-0.3, -0.25) is 4.79 Å². The number of nitrogens with zero attached hydrogens (tertiary/aromatic N) is 3. The van der Waals surface area contributed by atoms with Crippen molar-refractivity contribution < 1.29 is 9.53 Å².